The Balaban J connectivity index is 2.03. The van der Waals surface area contributed by atoms with Crippen LogP contribution in [-0.2, 0) is 4.79 Å². The fraction of sp³-hybridized carbons (Fsp3) is 0.500. The molecule has 0 unspecified atom stereocenters. The highest BCUT2D eigenvalue weighted by Crippen LogP contribution is 2.29. The van der Waals surface area contributed by atoms with E-state index in [2.05, 4.69) is 5.32 Å². The summed E-state index contributed by atoms with van der Waals surface area (Å²) in [5, 5.41) is 2.92. The van der Waals surface area contributed by atoms with Crippen LogP contribution in [0.1, 0.15) is 24.9 Å². The molecule has 0 aliphatic carbocycles. The molecule has 1 saturated heterocycles. The highest BCUT2D eigenvalue weighted by molar-refractivity contribution is 5.80. The number of likely N-dealkylation sites (tertiary alicyclic amines) is 1. The van der Waals surface area contributed by atoms with Crippen LogP contribution < -0.4 is 20.5 Å². The van der Waals surface area contributed by atoms with Crippen molar-refractivity contribution in [2.75, 3.05) is 27.3 Å². The predicted molar refractivity (Wildman–Crippen MR) is 85.4 cm³/mol. The van der Waals surface area contributed by atoms with Crippen molar-refractivity contribution in [3.05, 3.63) is 23.8 Å². The van der Waals surface area contributed by atoms with E-state index in [4.69, 9.17) is 15.2 Å². The third kappa shape index (κ3) is 3.85. The van der Waals surface area contributed by atoms with E-state index in [0.29, 0.717) is 31.0 Å². The molecule has 1 fully saturated rings. The maximum Gasteiger partial charge on any atom is 0.317 e. The summed E-state index contributed by atoms with van der Waals surface area (Å²) in [6.45, 7) is 2.78. The zero-order chi connectivity index (χ0) is 17.0. The summed E-state index contributed by atoms with van der Waals surface area (Å²) in [6.07, 6.45) is 0.614. The molecule has 1 aliphatic heterocycles. The quantitative estimate of drug-likeness (QED) is 0.854. The van der Waals surface area contributed by atoms with Gasteiger partial charge in [0, 0.05) is 24.7 Å². The molecule has 0 spiro atoms. The van der Waals surface area contributed by atoms with Crippen molar-refractivity contribution >= 4 is 11.9 Å². The Morgan fingerprint density at radius 3 is 2.65 bits per heavy atom. The molecule has 7 nitrogen and oxygen atoms in total. The van der Waals surface area contributed by atoms with Gasteiger partial charge in [0.25, 0.3) is 0 Å². The molecular weight excluding hydrogens is 298 g/mol. The summed E-state index contributed by atoms with van der Waals surface area (Å²) in [7, 11) is 3.16. The Kier molecular flexibility index (Phi) is 5.31. The molecule has 7 heteroatoms. The first-order chi connectivity index (χ1) is 11.0. The number of hydrogen-bond donors (Lipinski definition) is 2. The number of amides is 3. The van der Waals surface area contributed by atoms with Gasteiger partial charge in [-0.3, -0.25) is 4.79 Å². The number of nitrogens with one attached hydrogen (secondary N) is 1. The minimum absolute atomic E-state index is 0.209. The van der Waals surface area contributed by atoms with Crippen LogP contribution in [0.3, 0.4) is 0 Å². The van der Waals surface area contributed by atoms with E-state index in [1.54, 1.807) is 25.2 Å². The lowest BCUT2D eigenvalue weighted by Gasteiger charge is -2.22. The van der Waals surface area contributed by atoms with Gasteiger partial charge in [0.05, 0.1) is 26.2 Å². The summed E-state index contributed by atoms with van der Waals surface area (Å²) in [5.74, 6) is 0.721. The number of methoxy groups -OCH3 is 2. The van der Waals surface area contributed by atoms with Crippen LogP contribution in [0.15, 0.2) is 18.2 Å². The molecule has 0 bridgehead atoms. The first kappa shape index (κ1) is 16.9. The van der Waals surface area contributed by atoms with Crippen LogP contribution in [0.4, 0.5) is 4.79 Å². The fourth-order valence-electron chi connectivity index (χ4n) is 2.71. The SMILES string of the molecule is COc1ccc([C@H](C)NC(=O)N2CC[C@H](C(N)=O)C2)c(OC)c1. The molecule has 1 aromatic rings. The Hall–Kier alpha value is -2.44. The molecule has 3 N–H and O–H groups in total. The first-order valence-corrected chi connectivity index (χ1v) is 7.53. The monoisotopic (exact) mass is 321 g/mol. The van der Waals surface area contributed by atoms with Crippen LogP contribution in [0, 0.1) is 5.92 Å². The van der Waals surface area contributed by atoms with Gasteiger partial charge in [0.1, 0.15) is 11.5 Å². The second kappa shape index (κ2) is 7.21. The lowest BCUT2D eigenvalue weighted by molar-refractivity contribution is -0.121. The van der Waals surface area contributed by atoms with Gasteiger partial charge < -0.3 is 25.4 Å². The number of nitrogens with zero attached hydrogens (tertiary/aromatic N) is 1. The van der Waals surface area contributed by atoms with Gasteiger partial charge in [-0.05, 0) is 25.5 Å². The number of primary amides is 1. The molecule has 2 atom stereocenters. The maximum atomic E-state index is 12.3. The third-order valence-corrected chi connectivity index (χ3v) is 4.12. The molecule has 0 aromatic heterocycles. The van der Waals surface area contributed by atoms with E-state index in [9.17, 15) is 9.59 Å². The van der Waals surface area contributed by atoms with E-state index in [1.165, 1.54) is 0 Å². The van der Waals surface area contributed by atoms with Crippen molar-refractivity contribution in [1.29, 1.82) is 0 Å². The maximum absolute atomic E-state index is 12.3. The molecule has 3 amide bonds. The number of carbonyl (C=O) groups excluding carboxylic acids is 2. The van der Waals surface area contributed by atoms with E-state index in [0.717, 1.165) is 5.56 Å². The zero-order valence-electron chi connectivity index (χ0n) is 13.7. The number of urea groups is 1. The number of nitrogens with two attached hydrogens (primary N) is 1. The molecule has 0 radical (unpaired) electrons. The van der Waals surface area contributed by atoms with Gasteiger partial charge in [-0.1, -0.05) is 0 Å². The second-order valence-corrected chi connectivity index (χ2v) is 5.61. The number of hydrogen-bond acceptors (Lipinski definition) is 4. The van der Waals surface area contributed by atoms with Crippen molar-refractivity contribution in [2.24, 2.45) is 11.7 Å². The molecule has 2 rings (SSSR count). The number of carbonyl (C=O) groups is 2. The Morgan fingerprint density at radius 1 is 1.35 bits per heavy atom. The van der Waals surface area contributed by atoms with Gasteiger partial charge in [-0.25, -0.2) is 4.79 Å². The van der Waals surface area contributed by atoms with Crippen LogP contribution in [0.2, 0.25) is 0 Å². The van der Waals surface area contributed by atoms with Crippen molar-refractivity contribution in [3.8, 4) is 11.5 Å². The number of benzene rings is 1. The van der Waals surface area contributed by atoms with Crippen LogP contribution >= 0.6 is 0 Å². The Labute approximate surface area is 135 Å². The van der Waals surface area contributed by atoms with Crippen molar-refractivity contribution in [2.45, 2.75) is 19.4 Å². The topological polar surface area (TPSA) is 93.9 Å². The minimum Gasteiger partial charge on any atom is -0.497 e. The van der Waals surface area contributed by atoms with Crippen molar-refractivity contribution < 1.29 is 19.1 Å². The molecule has 23 heavy (non-hydrogen) atoms. The standard InChI is InChI=1S/C16H23N3O4/c1-10(13-5-4-12(22-2)8-14(13)23-3)18-16(21)19-7-6-11(9-19)15(17)20/h4-5,8,10-11H,6-7,9H2,1-3H3,(H2,17,20)(H,18,21)/t10-,11-/m0/s1. The molecule has 0 saturated carbocycles. The predicted octanol–water partition coefficient (Wildman–Crippen LogP) is 1.28. The highest BCUT2D eigenvalue weighted by Gasteiger charge is 2.30. The average molecular weight is 321 g/mol. The summed E-state index contributed by atoms with van der Waals surface area (Å²) < 4.78 is 10.5. The number of rotatable bonds is 5. The van der Waals surface area contributed by atoms with Gasteiger partial charge >= 0.3 is 6.03 Å². The average Bonchev–Trinajstić information content (AvgIpc) is 3.04. The third-order valence-electron chi connectivity index (χ3n) is 4.12. The van der Waals surface area contributed by atoms with E-state index in [-0.39, 0.29) is 23.9 Å². The highest BCUT2D eigenvalue weighted by atomic mass is 16.5. The lowest BCUT2D eigenvalue weighted by Crippen LogP contribution is -2.40. The lowest BCUT2D eigenvalue weighted by atomic mass is 10.1. The van der Waals surface area contributed by atoms with Gasteiger partial charge in [0.2, 0.25) is 5.91 Å². The normalized spacial score (nSPS) is 18.4. The Morgan fingerprint density at radius 2 is 2.09 bits per heavy atom. The van der Waals surface area contributed by atoms with Crippen molar-refractivity contribution in [1.82, 2.24) is 10.2 Å². The molecule has 126 valence electrons. The zero-order valence-corrected chi connectivity index (χ0v) is 13.7. The number of ether oxygens (including phenoxy) is 2. The van der Waals surface area contributed by atoms with Crippen LogP contribution in [0.5, 0.6) is 11.5 Å². The largest absolute Gasteiger partial charge is 0.497 e. The summed E-state index contributed by atoms with van der Waals surface area (Å²) in [6, 6.07) is 5.00. The minimum atomic E-state index is -0.356. The van der Waals surface area contributed by atoms with E-state index >= 15 is 0 Å². The second-order valence-electron chi connectivity index (χ2n) is 5.61. The van der Waals surface area contributed by atoms with Gasteiger partial charge in [-0.15, -0.1) is 0 Å². The van der Waals surface area contributed by atoms with Crippen LogP contribution in [0.25, 0.3) is 0 Å². The summed E-state index contributed by atoms with van der Waals surface area (Å²) in [4.78, 5) is 25.1. The van der Waals surface area contributed by atoms with E-state index in [1.807, 2.05) is 19.1 Å². The van der Waals surface area contributed by atoms with E-state index < -0.39 is 0 Å². The smallest absolute Gasteiger partial charge is 0.317 e. The van der Waals surface area contributed by atoms with Gasteiger partial charge in [-0.2, -0.15) is 0 Å². The fourth-order valence-corrected chi connectivity index (χ4v) is 2.71. The summed E-state index contributed by atoms with van der Waals surface area (Å²) >= 11 is 0. The van der Waals surface area contributed by atoms with Crippen LogP contribution in [-0.4, -0.2) is 44.1 Å². The molecule has 1 aromatic carbocycles. The first-order valence-electron chi connectivity index (χ1n) is 7.53. The van der Waals surface area contributed by atoms with Gasteiger partial charge in [0.15, 0.2) is 0 Å². The molecule has 1 heterocycles. The molecular formula is C16H23N3O4. The summed E-state index contributed by atoms with van der Waals surface area (Å²) in [5.41, 5.74) is 6.15. The van der Waals surface area contributed by atoms with Crippen molar-refractivity contribution in [3.63, 3.8) is 0 Å². The Bertz CT molecular complexity index is 591. The molecule has 1 aliphatic rings.